The predicted molar refractivity (Wildman–Crippen MR) is 76.9 cm³/mol. The molecule has 0 saturated heterocycles. The molecule has 2 N–H and O–H groups in total. The van der Waals surface area contributed by atoms with Gasteiger partial charge in [-0.3, -0.25) is 4.90 Å². The molecule has 1 aliphatic carbocycles. The van der Waals surface area contributed by atoms with Gasteiger partial charge in [-0.05, 0) is 31.9 Å². The standard InChI is InChI=1S/C15H20N2O3/c1-11-5-7-12(8-6-11)17(2)14(20)16-15(13(18)19)9-3-4-10-15/h5-8H,3-4,9-10H2,1-2H3,(H,16,20)(H,18,19). The fraction of sp³-hybridized carbons (Fsp3) is 0.467. The largest absolute Gasteiger partial charge is 0.480 e. The molecule has 0 radical (unpaired) electrons. The number of hydrogen-bond donors (Lipinski definition) is 2. The number of carbonyl (C=O) groups is 2. The zero-order valence-electron chi connectivity index (χ0n) is 11.8. The smallest absolute Gasteiger partial charge is 0.329 e. The van der Waals surface area contributed by atoms with Crippen molar-refractivity contribution >= 4 is 17.7 Å². The molecular formula is C15H20N2O3. The third-order valence-electron chi connectivity index (χ3n) is 3.94. The summed E-state index contributed by atoms with van der Waals surface area (Å²) >= 11 is 0. The Morgan fingerprint density at radius 3 is 2.25 bits per heavy atom. The van der Waals surface area contributed by atoms with E-state index in [1.807, 2.05) is 31.2 Å². The molecule has 0 spiro atoms. The number of nitrogens with zero attached hydrogens (tertiary/aromatic N) is 1. The van der Waals surface area contributed by atoms with Gasteiger partial charge >= 0.3 is 12.0 Å². The zero-order valence-corrected chi connectivity index (χ0v) is 11.8. The van der Waals surface area contributed by atoms with E-state index in [1.165, 1.54) is 4.90 Å². The maximum absolute atomic E-state index is 12.2. The van der Waals surface area contributed by atoms with Gasteiger partial charge in [-0.25, -0.2) is 9.59 Å². The van der Waals surface area contributed by atoms with E-state index in [1.54, 1.807) is 7.05 Å². The molecule has 5 heteroatoms. The predicted octanol–water partition coefficient (Wildman–Crippen LogP) is 2.54. The normalized spacial score (nSPS) is 16.7. The third-order valence-corrected chi connectivity index (χ3v) is 3.94. The molecule has 0 bridgehead atoms. The number of aryl methyl sites for hydroxylation is 1. The second kappa shape index (κ2) is 5.53. The highest BCUT2D eigenvalue weighted by molar-refractivity contribution is 5.95. The number of carboxylic acid groups (broad SMARTS) is 1. The van der Waals surface area contributed by atoms with Gasteiger partial charge in [0.1, 0.15) is 5.54 Å². The number of hydrogen-bond acceptors (Lipinski definition) is 2. The van der Waals surface area contributed by atoms with Crippen LogP contribution in [-0.4, -0.2) is 29.7 Å². The Labute approximate surface area is 118 Å². The van der Waals surface area contributed by atoms with Gasteiger partial charge in [0, 0.05) is 12.7 Å². The molecule has 1 saturated carbocycles. The van der Waals surface area contributed by atoms with Crippen molar-refractivity contribution in [2.24, 2.45) is 0 Å². The van der Waals surface area contributed by atoms with Crippen molar-refractivity contribution in [3.05, 3.63) is 29.8 Å². The fourth-order valence-corrected chi connectivity index (χ4v) is 2.55. The zero-order chi connectivity index (χ0) is 14.8. The van der Waals surface area contributed by atoms with Crippen molar-refractivity contribution < 1.29 is 14.7 Å². The molecule has 0 aliphatic heterocycles. The van der Waals surface area contributed by atoms with E-state index in [4.69, 9.17) is 0 Å². The fourth-order valence-electron chi connectivity index (χ4n) is 2.55. The Kier molecular flexibility index (Phi) is 3.97. The molecular weight excluding hydrogens is 256 g/mol. The van der Waals surface area contributed by atoms with Gasteiger partial charge in [0.25, 0.3) is 0 Å². The number of rotatable bonds is 3. The molecule has 1 aromatic carbocycles. The van der Waals surface area contributed by atoms with E-state index in [0.29, 0.717) is 12.8 Å². The summed E-state index contributed by atoms with van der Waals surface area (Å²) in [5.74, 6) is -0.944. The second-order valence-corrected chi connectivity index (χ2v) is 5.42. The minimum Gasteiger partial charge on any atom is -0.480 e. The maximum Gasteiger partial charge on any atom is 0.329 e. The van der Waals surface area contributed by atoms with Crippen LogP contribution in [0.4, 0.5) is 10.5 Å². The van der Waals surface area contributed by atoms with Crippen LogP contribution < -0.4 is 10.2 Å². The number of anilines is 1. The van der Waals surface area contributed by atoms with Crippen molar-refractivity contribution in [1.29, 1.82) is 0 Å². The van der Waals surface area contributed by atoms with Gasteiger partial charge in [-0.15, -0.1) is 0 Å². The Morgan fingerprint density at radius 1 is 1.20 bits per heavy atom. The van der Waals surface area contributed by atoms with Crippen LogP contribution in [0.2, 0.25) is 0 Å². The quantitative estimate of drug-likeness (QED) is 0.891. The van der Waals surface area contributed by atoms with Crippen molar-refractivity contribution in [3.63, 3.8) is 0 Å². The number of aliphatic carboxylic acids is 1. The molecule has 0 unspecified atom stereocenters. The van der Waals surface area contributed by atoms with Crippen molar-refractivity contribution in [1.82, 2.24) is 5.32 Å². The van der Waals surface area contributed by atoms with Crippen LogP contribution in [0.3, 0.4) is 0 Å². The minimum atomic E-state index is -1.10. The highest BCUT2D eigenvalue weighted by Crippen LogP contribution is 2.30. The third kappa shape index (κ3) is 2.76. The number of amides is 2. The van der Waals surface area contributed by atoms with Gasteiger partial charge in [0.15, 0.2) is 0 Å². The summed E-state index contributed by atoms with van der Waals surface area (Å²) in [5, 5.41) is 12.1. The lowest BCUT2D eigenvalue weighted by Crippen LogP contribution is -2.55. The molecule has 2 rings (SSSR count). The Morgan fingerprint density at radius 2 is 1.75 bits per heavy atom. The van der Waals surface area contributed by atoms with Crippen LogP contribution in [0.5, 0.6) is 0 Å². The first-order valence-corrected chi connectivity index (χ1v) is 6.80. The summed E-state index contributed by atoms with van der Waals surface area (Å²) < 4.78 is 0. The van der Waals surface area contributed by atoms with Crippen LogP contribution in [0.1, 0.15) is 31.2 Å². The maximum atomic E-state index is 12.2. The van der Waals surface area contributed by atoms with E-state index < -0.39 is 11.5 Å². The summed E-state index contributed by atoms with van der Waals surface area (Å²) in [7, 11) is 1.64. The molecule has 0 aromatic heterocycles. The molecule has 108 valence electrons. The van der Waals surface area contributed by atoms with Crippen molar-refractivity contribution in [2.45, 2.75) is 38.1 Å². The van der Waals surface area contributed by atoms with Crippen molar-refractivity contribution in [3.8, 4) is 0 Å². The van der Waals surface area contributed by atoms with Crippen molar-refractivity contribution in [2.75, 3.05) is 11.9 Å². The van der Waals surface area contributed by atoms with E-state index in [-0.39, 0.29) is 6.03 Å². The first-order chi connectivity index (χ1) is 9.44. The Bertz CT molecular complexity index is 504. The number of benzene rings is 1. The van der Waals surface area contributed by atoms with Crippen LogP contribution in [0.25, 0.3) is 0 Å². The lowest BCUT2D eigenvalue weighted by molar-refractivity contribution is -0.144. The minimum absolute atomic E-state index is 0.377. The van der Waals surface area contributed by atoms with Gasteiger partial charge in [0.05, 0.1) is 0 Å². The van der Waals surface area contributed by atoms with Crippen LogP contribution in [0, 0.1) is 6.92 Å². The van der Waals surface area contributed by atoms with E-state index >= 15 is 0 Å². The van der Waals surface area contributed by atoms with Gasteiger partial charge in [0.2, 0.25) is 0 Å². The summed E-state index contributed by atoms with van der Waals surface area (Å²) in [6.45, 7) is 1.97. The van der Waals surface area contributed by atoms with Gasteiger partial charge in [-0.1, -0.05) is 30.5 Å². The lowest BCUT2D eigenvalue weighted by atomic mass is 9.98. The number of nitrogens with one attached hydrogen (secondary N) is 1. The van der Waals surface area contributed by atoms with Crippen LogP contribution >= 0.6 is 0 Å². The molecule has 1 aliphatic rings. The molecule has 1 aromatic rings. The second-order valence-electron chi connectivity index (χ2n) is 5.42. The average molecular weight is 276 g/mol. The summed E-state index contributed by atoms with van der Waals surface area (Å²) in [4.78, 5) is 25.1. The molecule has 1 fully saturated rings. The monoisotopic (exact) mass is 276 g/mol. The molecule has 2 amide bonds. The topological polar surface area (TPSA) is 69.6 Å². The SMILES string of the molecule is Cc1ccc(N(C)C(=O)NC2(C(=O)O)CCCC2)cc1. The first kappa shape index (κ1) is 14.4. The van der Waals surface area contributed by atoms with Crippen LogP contribution in [-0.2, 0) is 4.79 Å². The van der Waals surface area contributed by atoms with Gasteiger partial charge in [-0.2, -0.15) is 0 Å². The lowest BCUT2D eigenvalue weighted by Gasteiger charge is -2.28. The summed E-state index contributed by atoms with van der Waals surface area (Å²) in [6, 6.07) is 7.15. The van der Waals surface area contributed by atoms with Crippen LogP contribution in [0.15, 0.2) is 24.3 Å². The molecule has 5 nitrogen and oxygen atoms in total. The Hall–Kier alpha value is -2.04. The average Bonchev–Trinajstić information content (AvgIpc) is 2.88. The molecule has 20 heavy (non-hydrogen) atoms. The Balaban J connectivity index is 2.11. The number of urea groups is 1. The first-order valence-electron chi connectivity index (χ1n) is 6.80. The number of carboxylic acids is 1. The summed E-state index contributed by atoms with van der Waals surface area (Å²) in [5.41, 5.74) is 0.753. The molecule has 0 heterocycles. The highest BCUT2D eigenvalue weighted by Gasteiger charge is 2.43. The van der Waals surface area contributed by atoms with E-state index in [2.05, 4.69) is 5.32 Å². The number of carbonyl (C=O) groups excluding carboxylic acids is 1. The highest BCUT2D eigenvalue weighted by atomic mass is 16.4. The summed E-state index contributed by atoms with van der Waals surface area (Å²) in [6.07, 6.45) is 2.66. The van der Waals surface area contributed by atoms with Gasteiger partial charge < -0.3 is 10.4 Å². The van der Waals surface area contributed by atoms with E-state index in [9.17, 15) is 14.7 Å². The van der Waals surface area contributed by atoms with E-state index in [0.717, 1.165) is 24.1 Å². The molecule has 0 atom stereocenters.